The maximum atomic E-state index is 12.1. The van der Waals surface area contributed by atoms with E-state index in [1.807, 2.05) is 31.2 Å². The van der Waals surface area contributed by atoms with E-state index in [4.69, 9.17) is 4.52 Å². The third-order valence-corrected chi connectivity index (χ3v) is 4.21. The molecule has 1 aromatic heterocycles. The second-order valence-electron chi connectivity index (χ2n) is 6.32. The number of piperidine rings is 1. The summed E-state index contributed by atoms with van der Waals surface area (Å²) in [7, 11) is 0. The van der Waals surface area contributed by atoms with E-state index < -0.39 is 0 Å². The Kier molecular flexibility index (Phi) is 5.96. The highest BCUT2D eigenvalue weighted by atomic mass is 35.5. The number of carbonyl (C=O) groups excluding carboxylic acids is 1. The van der Waals surface area contributed by atoms with Gasteiger partial charge in [0.1, 0.15) is 0 Å². The van der Waals surface area contributed by atoms with Crippen LogP contribution in [0, 0.1) is 6.92 Å². The third kappa shape index (κ3) is 4.33. The van der Waals surface area contributed by atoms with Crippen molar-refractivity contribution in [2.24, 2.45) is 0 Å². The molecular weight excluding hydrogens is 328 g/mol. The van der Waals surface area contributed by atoms with Crippen LogP contribution >= 0.6 is 12.4 Å². The zero-order chi connectivity index (χ0) is 16.3. The molecule has 24 heavy (non-hydrogen) atoms. The molecule has 2 aromatic rings. The molecule has 7 heteroatoms. The van der Waals surface area contributed by atoms with Crippen LogP contribution in [0.2, 0.25) is 0 Å². The second-order valence-corrected chi connectivity index (χ2v) is 6.32. The van der Waals surface area contributed by atoms with Crippen LogP contribution in [0.3, 0.4) is 0 Å². The van der Waals surface area contributed by atoms with Crippen LogP contribution in [0.25, 0.3) is 0 Å². The zero-order valence-corrected chi connectivity index (χ0v) is 14.8. The van der Waals surface area contributed by atoms with Crippen LogP contribution in [0.4, 0.5) is 5.69 Å². The van der Waals surface area contributed by atoms with Gasteiger partial charge in [0.25, 0.3) is 0 Å². The zero-order valence-electron chi connectivity index (χ0n) is 14.0. The normalized spacial score (nSPS) is 20.2. The average molecular weight is 351 g/mol. The van der Waals surface area contributed by atoms with Crippen LogP contribution in [-0.4, -0.2) is 22.6 Å². The topological polar surface area (TPSA) is 80.0 Å². The average Bonchev–Trinajstić information content (AvgIpc) is 2.99. The van der Waals surface area contributed by atoms with Crippen molar-refractivity contribution in [3.05, 3.63) is 41.5 Å². The Labute approximate surface area is 147 Å². The minimum absolute atomic E-state index is 0. The van der Waals surface area contributed by atoms with Gasteiger partial charge in [-0.1, -0.05) is 22.9 Å². The molecule has 1 fully saturated rings. The molecule has 1 saturated heterocycles. The molecule has 2 heterocycles. The predicted octanol–water partition coefficient (Wildman–Crippen LogP) is 2.97. The lowest BCUT2D eigenvalue weighted by Crippen LogP contribution is -2.43. The Balaban J connectivity index is 0.00000208. The van der Waals surface area contributed by atoms with Crippen molar-refractivity contribution in [3.63, 3.8) is 0 Å². The molecule has 3 rings (SSSR count). The molecule has 1 unspecified atom stereocenters. The highest BCUT2D eigenvalue weighted by Gasteiger charge is 2.34. The van der Waals surface area contributed by atoms with Gasteiger partial charge in [-0.25, -0.2) is 0 Å². The van der Waals surface area contributed by atoms with Crippen molar-refractivity contribution in [1.82, 2.24) is 15.5 Å². The van der Waals surface area contributed by atoms with Gasteiger partial charge < -0.3 is 15.2 Å². The SMILES string of the molecule is Cc1ccc(NC(=O)Cc2noc(C3(C)CCCCN3)n2)cc1.Cl. The monoisotopic (exact) mass is 350 g/mol. The Bertz CT molecular complexity index is 678. The molecule has 130 valence electrons. The van der Waals surface area contributed by atoms with Gasteiger partial charge in [0.15, 0.2) is 5.82 Å². The first-order valence-corrected chi connectivity index (χ1v) is 8.00. The number of aryl methyl sites for hydroxylation is 1. The second kappa shape index (κ2) is 7.77. The first-order valence-electron chi connectivity index (χ1n) is 8.00. The Morgan fingerprint density at radius 3 is 2.75 bits per heavy atom. The Morgan fingerprint density at radius 1 is 1.33 bits per heavy atom. The van der Waals surface area contributed by atoms with Gasteiger partial charge in [-0.15, -0.1) is 12.4 Å². The third-order valence-electron chi connectivity index (χ3n) is 4.21. The molecular formula is C17H23ClN4O2. The van der Waals surface area contributed by atoms with Crippen molar-refractivity contribution in [3.8, 4) is 0 Å². The number of halogens is 1. The number of nitrogens with one attached hydrogen (secondary N) is 2. The van der Waals surface area contributed by atoms with E-state index in [2.05, 4.69) is 27.7 Å². The molecule has 1 amide bonds. The molecule has 1 aliphatic rings. The summed E-state index contributed by atoms with van der Waals surface area (Å²) in [4.78, 5) is 16.5. The van der Waals surface area contributed by atoms with Crippen LogP contribution < -0.4 is 10.6 Å². The fourth-order valence-electron chi connectivity index (χ4n) is 2.77. The summed E-state index contributed by atoms with van der Waals surface area (Å²) in [5, 5.41) is 10.2. The Hall–Kier alpha value is -1.92. The molecule has 1 atom stereocenters. The van der Waals surface area contributed by atoms with E-state index in [9.17, 15) is 4.79 Å². The molecule has 0 saturated carbocycles. The van der Waals surface area contributed by atoms with Gasteiger partial charge in [-0.05, 0) is 51.8 Å². The van der Waals surface area contributed by atoms with Gasteiger partial charge in [0.2, 0.25) is 11.8 Å². The lowest BCUT2D eigenvalue weighted by molar-refractivity contribution is -0.115. The number of benzene rings is 1. The molecule has 6 nitrogen and oxygen atoms in total. The maximum absolute atomic E-state index is 12.1. The summed E-state index contributed by atoms with van der Waals surface area (Å²) in [6.45, 7) is 5.02. The summed E-state index contributed by atoms with van der Waals surface area (Å²) in [5.41, 5.74) is 1.64. The van der Waals surface area contributed by atoms with E-state index in [-0.39, 0.29) is 30.3 Å². The van der Waals surface area contributed by atoms with Crippen LogP contribution in [0.5, 0.6) is 0 Å². The predicted molar refractivity (Wildman–Crippen MR) is 94.3 cm³/mol. The van der Waals surface area contributed by atoms with Crippen molar-refractivity contribution in [1.29, 1.82) is 0 Å². The smallest absolute Gasteiger partial charge is 0.246 e. The van der Waals surface area contributed by atoms with E-state index in [1.54, 1.807) is 0 Å². The van der Waals surface area contributed by atoms with E-state index in [0.29, 0.717) is 11.7 Å². The highest BCUT2D eigenvalue weighted by molar-refractivity contribution is 5.91. The number of rotatable bonds is 4. The van der Waals surface area contributed by atoms with Gasteiger partial charge in [0.05, 0.1) is 12.0 Å². The standard InChI is InChI=1S/C17H22N4O2.ClH/c1-12-5-7-13(8-6-12)19-15(22)11-14-20-16(23-21-14)17(2)9-3-4-10-18-17;/h5-8,18H,3-4,9-11H2,1-2H3,(H,19,22);1H. The largest absolute Gasteiger partial charge is 0.337 e. The number of anilines is 1. The minimum atomic E-state index is -0.281. The first kappa shape index (κ1) is 18.4. The molecule has 2 N–H and O–H groups in total. The number of hydrogen-bond donors (Lipinski definition) is 2. The summed E-state index contributed by atoms with van der Waals surface area (Å²) in [5.74, 6) is 0.830. The number of carbonyl (C=O) groups is 1. The lowest BCUT2D eigenvalue weighted by atomic mass is 9.91. The van der Waals surface area contributed by atoms with Crippen molar-refractivity contribution < 1.29 is 9.32 Å². The van der Waals surface area contributed by atoms with E-state index in [0.717, 1.165) is 37.1 Å². The fraction of sp³-hybridized carbons (Fsp3) is 0.471. The summed E-state index contributed by atoms with van der Waals surface area (Å²) >= 11 is 0. The summed E-state index contributed by atoms with van der Waals surface area (Å²) in [6.07, 6.45) is 3.36. The van der Waals surface area contributed by atoms with Crippen molar-refractivity contribution in [2.45, 2.75) is 45.1 Å². The minimum Gasteiger partial charge on any atom is -0.337 e. The first-order chi connectivity index (χ1) is 11.0. The van der Waals surface area contributed by atoms with Gasteiger partial charge >= 0.3 is 0 Å². The molecule has 0 bridgehead atoms. The van der Waals surface area contributed by atoms with Crippen molar-refractivity contribution in [2.75, 3.05) is 11.9 Å². The summed E-state index contributed by atoms with van der Waals surface area (Å²) in [6, 6.07) is 7.67. The summed E-state index contributed by atoms with van der Waals surface area (Å²) < 4.78 is 5.37. The van der Waals surface area contributed by atoms with Gasteiger partial charge in [-0.2, -0.15) is 4.98 Å². The quantitative estimate of drug-likeness (QED) is 0.886. The number of nitrogens with zero attached hydrogens (tertiary/aromatic N) is 2. The van der Waals surface area contributed by atoms with Crippen LogP contribution in [0.15, 0.2) is 28.8 Å². The number of amides is 1. The molecule has 0 spiro atoms. The van der Waals surface area contributed by atoms with Crippen LogP contribution in [0.1, 0.15) is 43.5 Å². The fourth-order valence-corrected chi connectivity index (χ4v) is 2.77. The molecule has 0 radical (unpaired) electrons. The van der Waals surface area contributed by atoms with Crippen molar-refractivity contribution >= 4 is 24.0 Å². The lowest BCUT2D eigenvalue weighted by Gasteiger charge is -2.31. The Morgan fingerprint density at radius 2 is 2.08 bits per heavy atom. The molecule has 1 aliphatic heterocycles. The van der Waals surface area contributed by atoms with E-state index >= 15 is 0 Å². The molecule has 1 aromatic carbocycles. The van der Waals surface area contributed by atoms with Gasteiger partial charge in [0, 0.05) is 5.69 Å². The van der Waals surface area contributed by atoms with E-state index in [1.165, 1.54) is 0 Å². The van der Waals surface area contributed by atoms with Crippen LogP contribution in [-0.2, 0) is 16.8 Å². The number of hydrogen-bond acceptors (Lipinski definition) is 5. The maximum Gasteiger partial charge on any atom is 0.246 e. The number of aromatic nitrogens is 2. The highest BCUT2D eigenvalue weighted by Crippen LogP contribution is 2.28. The molecule has 0 aliphatic carbocycles. The van der Waals surface area contributed by atoms with Gasteiger partial charge in [-0.3, -0.25) is 4.79 Å².